The molecule has 1 N–H and O–H groups in total. The molecule has 0 saturated heterocycles. The van der Waals surface area contributed by atoms with Gasteiger partial charge in [-0.3, -0.25) is 4.98 Å². The molecule has 26 heavy (non-hydrogen) atoms. The van der Waals surface area contributed by atoms with Crippen LogP contribution in [0.15, 0.2) is 71.6 Å². The first-order chi connectivity index (χ1) is 12.6. The largest absolute Gasteiger partial charge is 0.489 e. The maximum atomic E-state index is 11.4. The Morgan fingerprint density at radius 1 is 1.00 bits per heavy atom. The van der Waals surface area contributed by atoms with Crippen LogP contribution in [0.4, 0.5) is 0 Å². The highest BCUT2D eigenvalue weighted by Crippen LogP contribution is 2.27. The van der Waals surface area contributed by atoms with Crippen molar-refractivity contribution in [2.24, 2.45) is 0 Å². The maximum absolute atomic E-state index is 11.4. The smallest absolute Gasteiger partial charge is 0.187 e. The van der Waals surface area contributed by atoms with Crippen molar-refractivity contribution in [2.45, 2.75) is 18.4 Å². The monoisotopic (exact) mass is 363 g/mol. The fourth-order valence-corrected chi connectivity index (χ4v) is 3.72. The molecule has 0 saturated carbocycles. The van der Waals surface area contributed by atoms with Crippen LogP contribution in [0.25, 0.3) is 21.7 Å². The molecule has 1 atom stereocenters. The Morgan fingerprint density at radius 2 is 1.85 bits per heavy atom. The Morgan fingerprint density at radius 3 is 2.69 bits per heavy atom. The predicted octanol–water partition coefficient (Wildman–Crippen LogP) is 4.86. The normalized spacial score (nSPS) is 12.4. The fourth-order valence-electron chi connectivity index (χ4n) is 3.15. The zero-order chi connectivity index (χ0) is 18.1. The first kappa shape index (κ1) is 16.7. The first-order valence-electron chi connectivity index (χ1n) is 8.23. The van der Waals surface area contributed by atoms with Crippen LogP contribution in [0.1, 0.15) is 11.3 Å². The van der Waals surface area contributed by atoms with E-state index in [0.717, 1.165) is 38.7 Å². The average Bonchev–Trinajstić information content (AvgIpc) is 2.65. The van der Waals surface area contributed by atoms with Gasteiger partial charge in [-0.15, -0.1) is 0 Å². The summed E-state index contributed by atoms with van der Waals surface area (Å²) in [7, 11) is 0. The average molecular weight is 363 g/mol. The van der Waals surface area contributed by atoms with E-state index in [1.807, 2.05) is 61.5 Å². The molecule has 0 aliphatic heterocycles. The van der Waals surface area contributed by atoms with Crippen molar-refractivity contribution in [3.05, 3.63) is 78.0 Å². The van der Waals surface area contributed by atoms with Gasteiger partial charge in [0.15, 0.2) is 11.1 Å². The van der Waals surface area contributed by atoms with Crippen molar-refractivity contribution in [1.82, 2.24) is 4.98 Å². The molecule has 4 rings (SSSR count). The molecule has 130 valence electrons. The van der Waals surface area contributed by atoms with Crippen LogP contribution in [0.2, 0.25) is 0 Å². The summed E-state index contributed by atoms with van der Waals surface area (Å²) in [5.41, 5.74) is 2.99. The highest BCUT2D eigenvalue weighted by Gasteiger charge is 2.08. The van der Waals surface area contributed by atoms with Gasteiger partial charge in [-0.25, -0.2) is 4.21 Å². The highest BCUT2D eigenvalue weighted by molar-refractivity contribution is 7.79. The van der Waals surface area contributed by atoms with E-state index >= 15 is 0 Å². The molecule has 0 fully saturated rings. The van der Waals surface area contributed by atoms with Crippen LogP contribution in [-0.4, -0.2) is 13.7 Å². The second kappa shape index (κ2) is 6.86. The van der Waals surface area contributed by atoms with E-state index in [0.29, 0.717) is 11.5 Å². The third kappa shape index (κ3) is 3.19. The van der Waals surface area contributed by atoms with E-state index in [2.05, 4.69) is 4.98 Å². The van der Waals surface area contributed by atoms with Crippen molar-refractivity contribution in [1.29, 1.82) is 0 Å². The number of aromatic nitrogens is 1. The third-order valence-corrected chi connectivity index (χ3v) is 5.06. The lowest BCUT2D eigenvalue weighted by molar-refractivity contribution is 0.308. The van der Waals surface area contributed by atoms with Crippen molar-refractivity contribution in [3.8, 4) is 5.75 Å². The maximum Gasteiger partial charge on any atom is 0.187 e. The van der Waals surface area contributed by atoms with E-state index in [4.69, 9.17) is 4.74 Å². The molecule has 5 heteroatoms. The summed E-state index contributed by atoms with van der Waals surface area (Å²) in [5, 5.41) is 2.71. The first-order valence-corrected chi connectivity index (χ1v) is 9.34. The standard InChI is InChI=1S/C21H17NO3S/c1-14-11-16(18-6-2-3-7-20(18)22-14)13-25-17-9-10-19-15(12-17)5-4-8-21(19)26(23)24/h2-12H,13H2,1H3,(H,23,24). The molecular formula is C21H17NO3S. The summed E-state index contributed by atoms with van der Waals surface area (Å²) >= 11 is -2.01. The molecule has 0 aliphatic rings. The van der Waals surface area contributed by atoms with E-state index in [9.17, 15) is 8.76 Å². The number of fused-ring (bicyclic) bond motifs is 2. The molecule has 1 unspecified atom stereocenters. The van der Waals surface area contributed by atoms with Crippen LogP contribution in [0.3, 0.4) is 0 Å². The molecule has 0 radical (unpaired) electrons. The molecule has 1 heterocycles. The summed E-state index contributed by atoms with van der Waals surface area (Å²) in [6.07, 6.45) is 0. The number of hydrogen-bond acceptors (Lipinski definition) is 3. The number of hydrogen-bond donors (Lipinski definition) is 1. The van der Waals surface area contributed by atoms with Crippen LogP contribution in [-0.2, 0) is 17.7 Å². The molecule has 0 amide bonds. The van der Waals surface area contributed by atoms with Crippen molar-refractivity contribution in [2.75, 3.05) is 0 Å². The molecule has 0 aliphatic carbocycles. The topological polar surface area (TPSA) is 59.4 Å². The van der Waals surface area contributed by atoms with E-state index in [1.54, 1.807) is 12.1 Å². The third-order valence-electron chi connectivity index (χ3n) is 4.32. The number of ether oxygens (including phenoxy) is 1. The van der Waals surface area contributed by atoms with E-state index < -0.39 is 11.1 Å². The summed E-state index contributed by atoms with van der Waals surface area (Å²) in [4.78, 5) is 4.96. The van der Waals surface area contributed by atoms with Gasteiger partial charge in [0.25, 0.3) is 0 Å². The molecule has 4 nitrogen and oxygen atoms in total. The zero-order valence-corrected chi connectivity index (χ0v) is 15.0. The highest BCUT2D eigenvalue weighted by atomic mass is 32.2. The summed E-state index contributed by atoms with van der Waals surface area (Å²) in [6, 6.07) is 20.9. The predicted molar refractivity (Wildman–Crippen MR) is 104 cm³/mol. The number of aryl methyl sites for hydroxylation is 1. The summed E-state index contributed by atoms with van der Waals surface area (Å²) < 4.78 is 26.8. The molecular weight excluding hydrogens is 346 g/mol. The Balaban J connectivity index is 1.66. The number of pyridine rings is 1. The Bertz CT molecular complexity index is 1140. The summed E-state index contributed by atoms with van der Waals surface area (Å²) in [6.45, 7) is 2.41. The second-order valence-corrected chi connectivity index (χ2v) is 7.05. The van der Waals surface area contributed by atoms with Crippen molar-refractivity contribution < 1.29 is 13.5 Å². The van der Waals surface area contributed by atoms with Crippen LogP contribution >= 0.6 is 0 Å². The molecule has 4 aromatic rings. The van der Waals surface area contributed by atoms with E-state index in [1.165, 1.54) is 0 Å². The molecule has 0 spiro atoms. The van der Waals surface area contributed by atoms with Gasteiger partial charge >= 0.3 is 0 Å². The minimum Gasteiger partial charge on any atom is -0.489 e. The lowest BCUT2D eigenvalue weighted by Gasteiger charge is -2.11. The minimum absolute atomic E-state index is 0.407. The molecule has 0 bridgehead atoms. The molecule has 3 aromatic carbocycles. The number of benzene rings is 3. The SMILES string of the molecule is Cc1cc(COc2ccc3c(S(=O)O)cccc3c2)c2ccccc2n1. The van der Waals surface area contributed by atoms with Crippen molar-refractivity contribution in [3.63, 3.8) is 0 Å². The Kier molecular flexibility index (Phi) is 4.41. The fraction of sp³-hybridized carbons (Fsp3) is 0.0952. The van der Waals surface area contributed by atoms with Gasteiger partial charge < -0.3 is 9.29 Å². The van der Waals surface area contributed by atoms with Gasteiger partial charge in [0, 0.05) is 22.0 Å². The lowest BCUT2D eigenvalue weighted by atomic mass is 10.1. The van der Waals surface area contributed by atoms with E-state index in [-0.39, 0.29) is 0 Å². The van der Waals surface area contributed by atoms with Crippen LogP contribution < -0.4 is 4.74 Å². The number of rotatable bonds is 4. The molecule has 1 aromatic heterocycles. The van der Waals surface area contributed by atoms with Gasteiger partial charge in [-0.1, -0.05) is 30.3 Å². The van der Waals surface area contributed by atoms with Crippen molar-refractivity contribution >= 4 is 32.8 Å². The minimum atomic E-state index is -2.01. The van der Waals surface area contributed by atoms with Gasteiger partial charge in [0.2, 0.25) is 0 Å². The second-order valence-electron chi connectivity index (χ2n) is 6.12. The Labute approximate surface area is 153 Å². The Hall–Kier alpha value is -2.76. The zero-order valence-electron chi connectivity index (χ0n) is 14.2. The van der Waals surface area contributed by atoms with Gasteiger partial charge in [0.1, 0.15) is 12.4 Å². The quantitative estimate of drug-likeness (QED) is 0.526. The van der Waals surface area contributed by atoms with Gasteiger partial charge in [-0.05, 0) is 48.7 Å². The summed E-state index contributed by atoms with van der Waals surface area (Å²) in [5.74, 6) is 0.719. The lowest BCUT2D eigenvalue weighted by Crippen LogP contribution is -1.99. The van der Waals surface area contributed by atoms with Gasteiger partial charge in [-0.2, -0.15) is 0 Å². The number of para-hydroxylation sites is 1. The van der Waals surface area contributed by atoms with Crippen LogP contribution in [0, 0.1) is 6.92 Å². The van der Waals surface area contributed by atoms with Crippen LogP contribution in [0.5, 0.6) is 5.75 Å². The number of nitrogens with zero attached hydrogens (tertiary/aromatic N) is 1. The van der Waals surface area contributed by atoms with Gasteiger partial charge in [0.05, 0.1) is 10.4 Å².